The minimum Gasteiger partial charge on any atom is -0.512 e. The van der Waals surface area contributed by atoms with E-state index >= 15 is 0 Å². The number of hydrogen-bond acceptors (Lipinski definition) is 4. The van der Waals surface area contributed by atoms with Crippen molar-refractivity contribution in [2.75, 3.05) is 0 Å². The smallest absolute Gasteiger partial charge is 0.248 e. The van der Waals surface area contributed by atoms with Crippen molar-refractivity contribution >= 4 is 5.91 Å². The van der Waals surface area contributed by atoms with E-state index < -0.39 is 11.5 Å². The summed E-state index contributed by atoms with van der Waals surface area (Å²) in [7, 11) is 0. The van der Waals surface area contributed by atoms with E-state index in [0.29, 0.717) is 12.8 Å². The van der Waals surface area contributed by atoms with Crippen LogP contribution in [0.4, 0.5) is 0 Å². The zero-order chi connectivity index (χ0) is 12.8. The Morgan fingerprint density at radius 1 is 1.53 bits per heavy atom. The largest absolute Gasteiger partial charge is 0.512 e. The molecule has 0 bridgehead atoms. The number of allylic oxidation sites excluding steroid dienone is 2. The Kier molecular flexibility index (Phi) is 2.66. The molecule has 0 fully saturated rings. The van der Waals surface area contributed by atoms with Gasteiger partial charge in [0.05, 0.1) is 5.57 Å². The number of fused-ring (bicyclic) bond motifs is 1. The maximum Gasteiger partial charge on any atom is 0.248 e. The van der Waals surface area contributed by atoms with Crippen LogP contribution < -0.4 is 5.73 Å². The molecule has 3 atom stereocenters. The van der Waals surface area contributed by atoms with E-state index in [1.54, 1.807) is 13.0 Å². The number of hydrogen-bond donors (Lipinski definition) is 4. The topological polar surface area (TPSA) is 104 Å². The molecule has 2 unspecified atom stereocenters. The standard InChI is InChI=1S/C12H17NO4/c1-6-8-3-2-4-9(14)12(8,17)5-7(10(6)15)11(13)16/h4,6,8,14-15,17H,2-3,5H2,1H3,(H2,13,16)/t6?,8?,12-/m0/s1. The summed E-state index contributed by atoms with van der Waals surface area (Å²) in [5.74, 6) is -1.59. The molecule has 5 nitrogen and oxygen atoms in total. The number of amides is 1. The van der Waals surface area contributed by atoms with E-state index in [2.05, 4.69) is 0 Å². The molecule has 0 aromatic rings. The van der Waals surface area contributed by atoms with Gasteiger partial charge < -0.3 is 21.1 Å². The summed E-state index contributed by atoms with van der Waals surface area (Å²) < 4.78 is 0. The summed E-state index contributed by atoms with van der Waals surface area (Å²) in [6.07, 6.45) is 2.76. The summed E-state index contributed by atoms with van der Waals surface area (Å²) in [4.78, 5) is 11.2. The van der Waals surface area contributed by atoms with Crippen LogP contribution in [-0.2, 0) is 4.79 Å². The van der Waals surface area contributed by atoms with Gasteiger partial charge in [0.15, 0.2) is 0 Å². The molecule has 2 aliphatic rings. The van der Waals surface area contributed by atoms with Crippen molar-refractivity contribution in [3.8, 4) is 0 Å². The van der Waals surface area contributed by atoms with Gasteiger partial charge in [0.2, 0.25) is 5.91 Å². The molecule has 0 heterocycles. The molecule has 0 spiro atoms. The first kappa shape index (κ1) is 12.0. The summed E-state index contributed by atoms with van der Waals surface area (Å²) in [6, 6.07) is 0. The first-order valence-electron chi connectivity index (χ1n) is 5.71. The van der Waals surface area contributed by atoms with Gasteiger partial charge >= 0.3 is 0 Å². The van der Waals surface area contributed by atoms with E-state index in [0.717, 1.165) is 0 Å². The van der Waals surface area contributed by atoms with Crippen molar-refractivity contribution in [3.05, 3.63) is 23.2 Å². The van der Waals surface area contributed by atoms with Gasteiger partial charge in [-0.15, -0.1) is 0 Å². The Bertz CT molecular complexity index is 426. The Labute approximate surface area is 99.2 Å². The summed E-state index contributed by atoms with van der Waals surface area (Å²) in [5.41, 5.74) is 3.73. The van der Waals surface area contributed by atoms with Crippen molar-refractivity contribution in [1.82, 2.24) is 0 Å². The average Bonchev–Trinajstić information content (AvgIpc) is 2.26. The van der Waals surface area contributed by atoms with Crippen LogP contribution in [0.5, 0.6) is 0 Å². The number of carbonyl (C=O) groups excluding carboxylic acids is 1. The predicted octanol–water partition coefficient (Wildman–Crippen LogP) is 0.907. The lowest BCUT2D eigenvalue weighted by Crippen LogP contribution is -2.50. The molecule has 0 aromatic carbocycles. The second kappa shape index (κ2) is 3.77. The van der Waals surface area contributed by atoms with Crippen LogP contribution in [0.15, 0.2) is 23.2 Å². The SMILES string of the molecule is CC1C(O)=C(C(N)=O)C[C@@]2(O)C(O)=CCCC12. The molecule has 5 N–H and O–H groups in total. The van der Waals surface area contributed by atoms with Crippen molar-refractivity contribution in [2.24, 2.45) is 17.6 Å². The van der Waals surface area contributed by atoms with Crippen LogP contribution in [0.1, 0.15) is 26.2 Å². The van der Waals surface area contributed by atoms with Crippen LogP contribution in [0.25, 0.3) is 0 Å². The van der Waals surface area contributed by atoms with E-state index in [1.807, 2.05) is 0 Å². The minimum atomic E-state index is -1.46. The van der Waals surface area contributed by atoms with E-state index in [1.165, 1.54) is 0 Å². The molecule has 0 saturated carbocycles. The van der Waals surface area contributed by atoms with E-state index in [9.17, 15) is 20.1 Å². The maximum absolute atomic E-state index is 11.2. The zero-order valence-corrected chi connectivity index (χ0v) is 9.68. The molecule has 17 heavy (non-hydrogen) atoms. The normalized spacial score (nSPS) is 37.4. The number of aliphatic hydroxyl groups excluding tert-OH is 2. The van der Waals surface area contributed by atoms with Gasteiger partial charge in [0.1, 0.15) is 17.1 Å². The second-order valence-electron chi connectivity index (χ2n) is 4.89. The number of nitrogens with two attached hydrogens (primary N) is 1. The third-order valence-electron chi connectivity index (χ3n) is 3.96. The van der Waals surface area contributed by atoms with Gasteiger partial charge in [0, 0.05) is 18.3 Å². The van der Waals surface area contributed by atoms with E-state index in [4.69, 9.17) is 5.73 Å². The van der Waals surface area contributed by atoms with Gasteiger partial charge in [-0.3, -0.25) is 4.79 Å². The monoisotopic (exact) mass is 239 g/mol. The summed E-state index contributed by atoms with van der Waals surface area (Å²) >= 11 is 0. The first-order chi connectivity index (χ1) is 7.88. The minimum absolute atomic E-state index is 0.0121. The lowest BCUT2D eigenvalue weighted by atomic mass is 9.64. The lowest BCUT2D eigenvalue weighted by Gasteiger charge is -2.45. The Morgan fingerprint density at radius 2 is 2.18 bits per heavy atom. The summed E-state index contributed by atoms with van der Waals surface area (Å²) in [5, 5.41) is 30.2. The maximum atomic E-state index is 11.2. The quantitative estimate of drug-likeness (QED) is 0.546. The van der Waals surface area contributed by atoms with Crippen LogP contribution in [-0.4, -0.2) is 26.8 Å². The van der Waals surface area contributed by atoms with Crippen molar-refractivity contribution < 1.29 is 20.1 Å². The van der Waals surface area contributed by atoms with E-state index in [-0.39, 0.29) is 35.3 Å². The van der Waals surface area contributed by atoms with Crippen LogP contribution in [0, 0.1) is 11.8 Å². The second-order valence-corrected chi connectivity index (χ2v) is 4.89. The zero-order valence-electron chi connectivity index (χ0n) is 9.68. The molecule has 0 saturated heterocycles. The molecule has 0 radical (unpaired) electrons. The van der Waals surface area contributed by atoms with Gasteiger partial charge in [-0.05, 0) is 18.9 Å². The Morgan fingerprint density at radius 3 is 2.76 bits per heavy atom. The fourth-order valence-corrected chi connectivity index (χ4v) is 2.93. The van der Waals surface area contributed by atoms with Gasteiger partial charge in [-0.1, -0.05) is 6.92 Å². The first-order valence-corrected chi connectivity index (χ1v) is 5.71. The Balaban J connectivity index is 2.49. The van der Waals surface area contributed by atoms with Crippen molar-refractivity contribution in [2.45, 2.75) is 31.8 Å². The molecular formula is C12H17NO4. The molecule has 1 amide bonds. The number of aliphatic hydroxyl groups is 3. The average molecular weight is 239 g/mol. The Hall–Kier alpha value is -1.49. The fourth-order valence-electron chi connectivity index (χ4n) is 2.93. The van der Waals surface area contributed by atoms with Crippen LogP contribution >= 0.6 is 0 Å². The molecular weight excluding hydrogens is 222 g/mol. The fraction of sp³-hybridized carbons (Fsp3) is 0.583. The highest BCUT2D eigenvalue weighted by Gasteiger charge is 2.51. The highest BCUT2D eigenvalue weighted by molar-refractivity contribution is 5.93. The number of primary amides is 1. The molecule has 0 aliphatic heterocycles. The van der Waals surface area contributed by atoms with Crippen LogP contribution in [0.2, 0.25) is 0 Å². The molecule has 5 heteroatoms. The third kappa shape index (κ3) is 1.61. The third-order valence-corrected chi connectivity index (χ3v) is 3.96. The van der Waals surface area contributed by atoms with Gasteiger partial charge in [-0.2, -0.15) is 0 Å². The van der Waals surface area contributed by atoms with Gasteiger partial charge in [0.25, 0.3) is 0 Å². The molecule has 94 valence electrons. The number of carbonyl (C=O) groups is 1. The van der Waals surface area contributed by atoms with Crippen molar-refractivity contribution in [1.29, 1.82) is 0 Å². The summed E-state index contributed by atoms with van der Waals surface area (Å²) in [6.45, 7) is 1.73. The van der Waals surface area contributed by atoms with Crippen molar-refractivity contribution in [3.63, 3.8) is 0 Å². The highest BCUT2D eigenvalue weighted by Crippen LogP contribution is 2.47. The van der Waals surface area contributed by atoms with Crippen LogP contribution in [0.3, 0.4) is 0 Å². The highest BCUT2D eigenvalue weighted by atomic mass is 16.3. The predicted molar refractivity (Wildman–Crippen MR) is 61.0 cm³/mol. The molecule has 0 aromatic heterocycles. The lowest BCUT2D eigenvalue weighted by molar-refractivity contribution is -0.117. The molecule has 2 rings (SSSR count). The number of rotatable bonds is 1. The molecule has 2 aliphatic carbocycles. The van der Waals surface area contributed by atoms with Gasteiger partial charge in [-0.25, -0.2) is 0 Å².